The molecule has 1 aliphatic rings. The Balaban J connectivity index is 2.28. The summed E-state index contributed by atoms with van der Waals surface area (Å²) in [6, 6.07) is 3.71. The van der Waals surface area contributed by atoms with Gasteiger partial charge < -0.3 is 9.64 Å². The third kappa shape index (κ3) is 2.72. The zero-order valence-electron chi connectivity index (χ0n) is 12.3. The van der Waals surface area contributed by atoms with Crippen molar-refractivity contribution in [3.8, 4) is 0 Å². The molecule has 2 rings (SSSR count). The average Bonchev–Trinajstić information content (AvgIpc) is 2.69. The number of carbonyl (C=O) groups is 3. The summed E-state index contributed by atoms with van der Waals surface area (Å²) in [5, 5.41) is 0. The van der Waals surface area contributed by atoms with Crippen molar-refractivity contribution in [1.82, 2.24) is 0 Å². The van der Waals surface area contributed by atoms with Crippen LogP contribution in [0.4, 0.5) is 5.69 Å². The van der Waals surface area contributed by atoms with E-state index in [9.17, 15) is 14.4 Å². The van der Waals surface area contributed by atoms with Gasteiger partial charge in [-0.2, -0.15) is 0 Å². The van der Waals surface area contributed by atoms with Crippen LogP contribution in [0.15, 0.2) is 24.3 Å². The lowest BCUT2D eigenvalue weighted by molar-refractivity contribution is -0.137. The van der Waals surface area contributed by atoms with Crippen LogP contribution in [-0.2, 0) is 14.3 Å². The molecule has 21 heavy (non-hydrogen) atoms. The predicted octanol–water partition coefficient (Wildman–Crippen LogP) is 1.95. The molecule has 5 nitrogen and oxygen atoms in total. The van der Waals surface area contributed by atoms with Crippen molar-refractivity contribution >= 4 is 23.3 Å². The number of esters is 1. The summed E-state index contributed by atoms with van der Waals surface area (Å²) in [4.78, 5) is 36.8. The number of ether oxygens (including phenoxy) is 1. The maximum atomic E-state index is 12.1. The normalized spacial score (nSPS) is 14.0. The number of ketones is 1. The standard InChI is InChI=1S/C16H17NO4/c1-4-21-12(18)6-5-9-17-14-11(3)8-7-10(2)13(14)15(19)16(17)20/h5-8H,4,9H2,1-3H3/b6-5+. The molecule has 0 atom stereocenters. The molecular weight excluding hydrogens is 270 g/mol. The van der Waals surface area contributed by atoms with E-state index in [2.05, 4.69) is 0 Å². The van der Waals surface area contributed by atoms with Crippen LogP contribution in [0.1, 0.15) is 28.4 Å². The topological polar surface area (TPSA) is 63.7 Å². The van der Waals surface area contributed by atoms with Gasteiger partial charge in [-0.25, -0.2) is 4.79 Å². The molecule has 0 N–H and O–H groups in total. The fourth-order valence-corrected chi connectivity index (χ4v) is 2.38. The summed E-state index contributed by atoms with van der Waals surface area (Å²) < 4.78 is 4.77. The van der Waals surface area contributed by atoms with Crippen LogP contribution >= 0.6 is 0 Å². The van der Waals surface area contributed by atoms with Crippen LogP contribution in [0.3, 0.4) is 0 Å². The van der Waals surface area contributed by atoms with E-state index in [1.165, 1.54) is 17.1 Å². The van der Waals surface area contributed by atoms with Gasteiger partial charge in [0.15, 0.2) is 0 Å². The van der Waals surface area contributed by atoms with E-state index in [-0.39, 0.29) is 6.54 Å². The first-order valence-corrected chi connectivity index (χ1v) is 6.77. The summed E-state index contributed by atoms with van der Waals surface area (Å²) in [6.45, 7) is 5.84. The Morgan fingerprint density at radius 1 is 1.24 bits per heavy atom. The van der Waals surface area contributed by atoms with Crippen LogP contribution in [0.5, 0.6) is 0 Å². The predicted molar refractivity (Wildman–Crippen MR) is 78.4 cm³/mol. The van der Waals surface area contributed by atoms with Crippen molar-refractivity contribution in [2.24, 2.45) is 0 Å². The van der Waals surface area contributed by atoms with Gasteiger partial charge in [-0.3, -0.25) is 9.59 Å². The summed E-state index contributed by atoms with van der Waals surface area (Å²) >= 11 is 0. The SMILES string of the molecule is CCOC(=O)/C=C/CN1C(=O)C(=O)c2c(C)ccc(C)c21. The zero-order chi connectivity index (χ0) is 15.6. The highest BCUT2D eigenvalue weighted by atomic mass is 16.5. The number of aryl methyl sites for hydroxylation is 2. The lowest BCUT2D eigenvalue weighted by Gasteiger charge is -2.16. The number of hydrogen-bond donors (Lipinski definition) is 0. The second-order valence-corrected chi connectivity index (χ2v) is 4.82. The highest BCUT2D eigenvalue weighted by Gasteiger charge is 2.37. The Kier molecular flexibility index (Phi) is 4.21. The molecule has 0 saturated carbocycles. The van der Waals surface area contributed by atoms with Gasteiger partial charge in [-0.15, -0.1) is 0 Å². The van der Waals surface area contributed by atoms with Gasteiger partial charge in [-0.1, -0.05) is 18.2 Å². The molecule has 0 unspecified atom stereocenters. The molecule has 0 fully saturated rings. The number of anilines is 1. The van der Waals surface area contributed by atoms with Crippen molar-refractivity contribution in [3.05, 3.63) is 41.0 Å². The number of nitrogens with zero attached hydrogens (tertiary/aromatic N) is 1. The molecular formula is C16H17NO4. The van der Waals surface area contributed by atoms with Crippen LogP contribution in [0.2, 0.25) is 0 Å². The van der Waals surface area contributed by atoms with Crippen molar-refractivity contribution < 1.29 is 19.1 Å². The Hall–Kier alpha value is -2.43. The third-order valence-corrected chi connectivity index (χ3v) is 3.35. The maximum absolute atomic E-state index is 12.1. The number of carbonyl (C=O) groups excluding carboxylic acids is 3. The molecule has 1 heterocycles. The van der Waals surface area contributed by atoms with E-state index in [4.69, 9.17) is 4.74 Å². The van der Waals surface area contributed by atoms with Crippen molar-refractivity contribution in [2.45, 2.75) is 20.8 Å². The highest BCUT2D eigenvalue weighted by Crippen LogP contribution is 2.34. The summed E-state index contributed by atoms with van der Waals surface area (Å²) in [5.74, 6) is -1.51. The number of benzene rings is 1. The lowest BCUT2D eigenvalue weighted by atomic mass is 10.0. The van der Waals surface area contributed by atoms with Gasteiger partial charge in [0, 0.05) is 12.6 Å². The minimum atomic E-state index is -0.559. The summed E-state index contributed by atoms with van der Waals surface area (Å²) in [5.41, 5.74) is 2.74. The van der Waals surface area contributed by atoms with E-state index >= 15 is 0 Å². The monoisotopic (exact) mass is 287 g/mol. The van der Waals surface area contributed by atoms with Crippen LogP contribution < -0.4 is 4.90 Å². The Morgan fingerprint density at radius 3 is 2.57 bits per heavy atom. The minimum Gasteiger partial charge on any atom is -0.463 e. The van der Waals surface area contributed by atoms with Gasteiger partial charge in [0.2, 0.25) is 0 Å². The number of Topliss-reactive ketones (excluding diaryl/α,β-unsaturated/α-hetero) is 1. The maximum Gasteiger partial charge on any atom is 0.330 e. The second kappa shape index (κ2) is 5.91. The molecule has 0 bridgehead atoms. The van der Waals surface area contributed by atoms with E-state index in [1.54, 1.807) is 13.8 Å². The number of hydrogen-bond acceptors (Lipinski definition) is 4. The van der Waals surface area contributed by atoms with Crippen molar-refractivity contribution in [3.63, 3.8) is 0 Å². The highest BCUT2D eigenvalue weighted by molar-refractivity contribution is 6.52. The van der Waals surface area contributed by atoms with E-state index < -0.39 is 17.7 Å². The molecule has 110 valence electrons. The van der Waals surface area contributed by atoms with Crippen molar-refractivity contribution in [2.75, 3.05) is 18.1 Å². The molecule has 0 aromatic heterocycles. The zero-order valence-corrected chi connectivity index (χ0v) is 12.3. The summed E-state index contributed by atoms with van der Waals surface area (Å²) in [7, 11) is 0. The van der Waals surface area contributed by atoms with E-state index in [1.807, 2.05) is 19.1 Å². The molecule has 1 aromatic rings. The average molecular weight is 287 g/mol. The Morgan fingerprint density at radius 2 is 1.90 bits per heavy atom. The number of amides is 1. The van der Waals surface area contributed by atoms with Crippen LogP contribution in [0.25, 0.3) is 0 Å². The first-order chi connectivity index (χ1) is 9.97. The van der Waals surface area contributed by atoms with Crippen molar-refractivity contribution in [1.29, 1.82) is 0 Å². The molecule has 0 saturated heterocycles. The Bertz CT molecular complexity index is 646. The van der Waals surface area contributed by atoms with Crippen LogP contribution in [-0.4, -0.2) is 30.8 Å². The van der Waals surface area contributed by atoms with Gasteiger partial charge in [-0.05, 0) is 31.9 Å². The smallest absolute Gasteiger partial charge is 0.330 e. The second-order valence-electron chi connectivity index (χ2n) is 4.82. The molecule has 1 aliphatic heterocycles. The van der Waals surface area contributed by atoms with Crippen LogP contribution in [0, 0.1) is 13.8 Å². The molecule has 0 spiro atoms. The molecule has 1 aromatic carbocycles. The van der Waals surface area contributed by atoms with Gasteiger partial charge in [0.25, 0.3) is 11.7 Å². The number of fused-ring (bicyclic) bond motifs is 1. The Labute approximate surface area is 123 Å². The number of rotatable bonds is 4. The minimum absolute atomic E-state index is 0.167. The lowest BCUT2D eigenvalue weighted by Crippen LogP contribution is -2.30. The largest absolute Gasteiger partial charge is 0.463 e. The molecule has 0 aliphatic carbocycles. The fraction of sp³-hybridized carbons (Fsp3) is 0.312. The molecule has 5 heteroatoms. The third-order valence-electron chi connectivity index (χ3n) is 3.35. The summed E-state index contributed by atoms with van der Waals surface area (Å²) in [6.07, 6.45) is 2.80. The molecule has 0 radical (unpaired) electrons. The first-order valence-electron chi connectivity index (χ1n) is 6.77. The molecule has 1 amide bonds. The fourth-order valence-electron chi connectivity index (χ4n) is 2.38. The van der Waals surface area contributed by atoms with E-state index in [0.717, 1.165) is 11.1 Å². The van der Waals surface area contributed by atoms with Gasteiger partial charge >= 0.3 is 5.97 Å². The first kappa shape index (κ1) is 15.0. The quantitative estimate of drug-likeness (QED) is 0.482. The van der Waals surface area contributed by atoms with Gasteiger partial charge in [0.05, 0.1) is 17.9 Å². The van der Waals surface area contributed by atoms with Gasteiger partial charge in [0.1, 0.15) is 0 Å². The van der Waals surface area contributed by atoms with E-state index in [0.29, 0.717) is 17.9 Å².